The molecule has 56 heavy (non-hydrogen) atoms. The van der Waals surface area contributed by atoms with Crippen molar-refractivity contribution in [2.45, 2.75) is 161 Å². The van der Waals surface area contributed by atoms with Gasteiger partial charge in [0.1, 0.15) is 12.1 Å². The monoisotopic (exact) mass is 779 g/mol. The number of rotatable bonds is 36. The van der Waals surface area contributed by atoms with Crippen LogP contribution in [0.15, 0.2) is 97.2 Å². The summed E-state index contributed by atoms with van der Waals surface area (Å²) in [6.45, 7) is 3.21. The average molecular weight is 779 g/mol. The second kappa shape index (κ2) is 40.4. The number of hydrogen-bond acceptors (Lipinski definition) is 6. The second-order valence-electron chi connectivity index (χ2n) is 13.7. The van der Waals surface area contributed by atoms with Crippen molar-refractivity contribution in [1.29, 1.82) is 0 Å². The molecule has 0 aliphatic heterocycles. The third-order valence-corrected chi connectivity index (χ3v) is 8.59. The van der Waals surface area contributed by atoms with Gasteiger partial charge in [-0.1, -0.05) is 130 Å². The largest absolute Gasteiger partial charge is 0.480 e. The summed E-state index contributed by atoms with van der Waals surface area (Å²) in [5.74, 6) is -2.43. The van der Waals surface area contributed by atoms with Crippen LogP contribution in [0.5, 0.6) is 0 Å². The topological polar surface area (TPSA) is 142 Å². The molecular weight excluding hydrogens is 705 g/mol. The molecule has 4 N–H and O–H groups in total. The van der Waals surface area contributed by atoms with Gasteiger partial charge in [-0.3, -0.25) is 14.4 Å². The molecular formula is C47H74N2O7. The number of carboxylic acids is 1. The van der Waals surface area contributed by atoms with Gasteiger partial charge in [0.2, 0.25) is 11.8 Å². The minimum absolute atomic E-state index is 0.0964. The van der Waals surface area contributed by atoms with Gasteiger partial charge in [0.05, 0.1) is 13.2 Å². The van der Waals surface area contributed by atoms with Gasteiger partial charge in [-0.05, 0) is 103 Å². The van der Waals surface area contributed by atoms with Gasteiger partial charge in [-0.2, -0.15) is 0 Å². The molecule has 0 spiro atoms. The van der Waals surface area contributed by atoms with Crippen LogP contribution in [-0.4, -0.2) is 59.3 Å². The number of aliphatic hydroxyl groups excluding tert-OH is 1. The van der Waals surface area contributed by atoms with E-state index in [0.717, 1.165) is 109 Å². The molecule has 0 heterocycles. The van der Waals surface area contributed by atoms with E-state index < -0.39 is 24.5 Å². The molecule has 0 aromatic rings. The zero-order chi connectivity index (χ0) is 41.2. The van der Waals surface area contributed by atoms with E-state index >= 15 is 0 Å². The molecule has 9 heteroatoms. The molecule has 0 aromatic heterocycles. The lowest BCUT2D eigenvalue weighted by Gasteiger charge is -2.18. The molecule has 0 saturated carbocycles. The zero-order valence-electron chi connectivity index (χ0n) is 34.6. The molecule has 0 bridgehead atoms. The summed E-state index contributed by atoms with van der Waals surface area (Å²) in [5.41, 5.74) is 0. The Labute approximate surface area is 338 Å². The molecule has 2 atom stereocenters. The van der Waals surface area contributed by atoms with Gasteiger partial charge < -0.3 is 25.6 Å². The minimum Gasteiger partial charge on any atom is -0.480 e. The number of amides is 2. The highest BCUT2D eigenvalue weighted by Crippen LogP contribution is 2.17. The Bertz CT molecular complexity index is 1260. The lowest BCUT2D eigenvalue weighted by molar-refractivity contribution is -0.149. The predicted octanol–water partition coefficient (Wildman–Crippen LogP) is 10.3. The fourth-order valence-corrected chi connectivity index (χ4v) is 5.42. The van der Waals surface area contributed by atoms with Gasteiger partial charge in [-0.15, -0.1) is 0 Å². The smallest absolute Gasteiger partial charge is 0.328 e. The Hall–Kier alpha value is -4.24. The highest BCUT2D eigenvalue weighted by Gasteiger charge is 2.19. The summed E-state index contributed by atoms with van der Waals surface area (Å²) < 4.78 is 5.96. The number of hydrogen-bond donors (Lipinski definition) is 4. The maximum absolute atomic E-state index is 12.7. The van der Waals surface area contributed by atoms with Crippen LogP contribution in [0.1, 0.15) is 149 Å². The Morgan fingerprint density at radius 2 is 0.982 bits per heavy atom. The third kappa shape index (κ3) is 36.7. The van der Waals surface area contributed by atoms with Crippen molar-refractivity contribution in [3.8, 4) is 0 Å². The summed E-state index contributed by atoms with van der Waals surface area (Å²) in [7, 11) is 0. The van der Waals surface area contributed by atoms with Crippen molar-refractivity contribution in [3.63, 3.8) is 0 Å². The molecule has 2 amide bonds. The molecule has 0 aliphatic rings. The normalized spacial score (nSPS) is 13.5. The lowest BCUT2D eigenvalue weighted by Crippen LogP contribution is -2.47. The van der Waals surface area contributed by atoms with Gasteiger partial charge in [0.25, 0.3) is 0 Å². The molecule has 0 radical (unpaired) electrons. The van der Waals surface area contributed by atoms with E-state index in [0.29, 0.717) is 19.3 Å². The maximum Gasteiger partial charge on any atom is 0.328 e. The van der Waals surface area contributed by atoms with Gasteiger partial charge in [-0.25, -0.2) is 4.79 Å². The number of allylic oxidation sites excluding steroid dienone is 16. The van der Waals surface area contributed by atoms with Crippen LogP contribution in [-0.2, 0) is 23.9 Å². The first-order valence-electron chi connectivity index (χ1n) is 21.1. The summed E-state index contributed by atoms with van der Waals surface area (Å²) >= 11 is 0. The summed E-state index contributed by atoms with van der Waals surface area (Å²) in [6, 6.07) is -1.39. The van der Waals surface area contributed by atoms with E-state index in [-0.39, 0.29) is 30.9 Å². The lowest BCUT2D eigenvalue weighted by atomic mass is 10.0. The number of unbranched alkanes of at least 4 members (excludes halogenated alkanes) is 6. The SMILES string of the molecule is CC/C=C\C/C=C\C/C=C\C/C=C\CCCCC(CCCCCCCC(=O)NCC(=O)NC(CO)C(=O)O)OC(=O)CC/C=C\C/C=C\C/C=C\C/C=C\CC. The third-order valence-electron chi connectivity index (χ3n) is 8.59. The standard InChI is InChI=1S/C47H74N2O7/c1-3-5-7-9-11-13-15-17-18-20-21-23-25-28-32-36-42(56-46(53)39-35-31-26-24-22-19-16-14-12-10-8-6-4-2)37-33-29-27-30-34-38-44(51)48-40-45(52)49-43(41-50)47(54)55/h5-8,11-14,17-19,21-23,26,31,42-43,50H,3-4,9-10,15-16,20,24-25,27-30,32-41H2,1-2H3,(H,48,51)(H,49,52)(H,54,55)/b7-5-,8-6-,13-11-,14-12-,18-17-,22-19-,23-21-,31-26-. The number of carboxylic acid groups (broad SMARTS) is 1. The molecule has 0 aliphatic carbocycles. The van der Waals surface area contributed by atoms with Crippen molar-refractivity contribution in [3.05, 3.63) is 97.2 Å². The van der Waals surface area contributed by atoms with Crippen molar-refractivity contribution < 1.29 is 34.1 Å². The van der Waals surface area contributed by atoms with Crippen LogP contribution < -0.4 is 10.6 Å². The first kappa shape index (κ1) is 51.8. The van der Waals surface area contributed by atoms with E-state index in [2.05, 4.69) is 122 Å². The molecule has 0 rings (SSSR count). The Balaban J connectivity index is 4.56. The fraction of sp³-hybridized carbons (Fsp3) is 0.574. The quantitative estimate of drug-likeness (QED) is 0.0282. The number of aliphatic carboxylic acids is 1. The van der Waals surface area contributed by atoms with E-state index in [9.17, 15) is 19.2 Å². The predicted molar refractivity (Wildman–Crippen MR) is 231 cm³/mol. The highest BCUT2D eigenvalue weighted by atomic mass is 16.5. The van der Waals surface area contributed by atoms with Crippen molar-refractivity contribution in [2.75, 3.05) is 13.2 Å². The van der Waals surface area contributed by atoms with Gasteiger partial charge in [0, 0.05) is 12.8 Å². The van der Waals surface area contributed by atoms with Crippen molar-refractivity contribution in [1.82, 2.24) is 10.6 Å². The van der Waals surface area contributed by atoms with Crippen LogP contribution in [0.25, 0.3) is 0 Å². The first-order chi connectivity index (χ1) is 27.3. The molecule has 0 aromatic carbocycles. The van der Waals surface area contributed by atoms with Crippen LogP contribution in [0, 0.1) is 0 Å². The van der Waals surface area contributed by atoms with E-state index in [1.807, 2.05) is 0 Å². The molecule has 0 saturated heterocycles. The number of carbonyl (C=O) groups excluding carboxylic acids is 3. The van der Waals surface area contributed by atoms with Gasteiger partial charge in [0.15, 0.2) is 0 Å². The minimum atomic E-state index is -1.39. The van der Waals surface area contributed by atoms with Crippen LogP contribution in [0.3, 0.4) is 0 Å². The number of nitrogens with one attached hydrogen (secondary N) is 2. The summed E-state index contributed by atoms with van der Waals surface area (Å²) in [6.07, 6.45) is 52.9. The number of carbonyl (C=O) groups is 4. The van der Waals surface area contributed by atoms with Crippen LogP contribution in [0.2, 0.25) is 0 Å². The van der Waals surface area contributed by atoms with Crippen molar-refractivity contribution >= 4 is 23.8 Å². The molecule has 0 fully saturated rings. The maximum atomic E-state index is 12.7. The van der Waals surface area contributed by atoms with E-state index in [1.165, 1.54) is 0 Å². The fourth-order valence-electron chi connectivity index (χ4n) is 5.42. The van der Waals surface area contributed by atoms with Crippen LogP contribution >= 0.6 is 0 Å². The van der Waals surface area contributed by atoms with E-state index in [1.54, 1.807) is 0 Å². The summed E-state index contributed by atoms with van der Waals surface area (Å²) in [4.78, 5) is 47.5. The number of ether oxygens (including phenoxy) is 1. The Kier molecular flexibility index (Phi) is 37.4. The Morgan fingerprint density at radius 3 is 1.48 bits per heavy atom. The molecule has 9 nitrogen and oxygen atoms in total. The average Bonchev–Trinajstić information content (AvgIpc) is 3.18. The van der Waals surface area contributed by atoms with E-state index in [4.69, 9.17) is 14.9 Å². The number of aliphatic hydroxyl groups is 1. The number of esters is 1. The Morgan fingerprint density at radius 1 is 0.536 bits per heavy atom. The molecule has 314 valence electrons. The first-order valence-corrected chi connectivity index (χ1v) is 21.1. The second-order valence-corrected chi connectivity index (χ2v) is 13.7. The zero-order valence-corrected chi connectivity index (χ0v) is 34.6. The highest BCUT2D eigenvalue weighted by molar-refractivity contribution is 5.87. The van der Waals surface area contributed by atoms with Gasteiger partial charge >= 0.3 is 11.9 Å². The van der Waals surface area contributed by atoms with Crippen LogP contribution in [0.4, 0.5) is 0 Å². The molecule has 2 unspecified atom stereocenters. The summed E-state index contributed by atoms with van der Waals surface area (Å²) in [5, 5.41) is 22.5. The van der Waals surface area contributed by atoms with Crippen molar-refractivity contribution in [2.24, 2.45) is 0 Å².